The number of nitro groups is 1. The monoisotopic (exact) mass is 403 g/mol. The lowest BCUT2D eigenvalue weighted by Gasteiger charge is -2.24. The number of hydrogen-bond acceptors (Lipinski definition) is 8. The smallest absolute Gasteiger partial charge is 0.353 e. The Kier molecular flexibility index (Phi) is 7.86. The molecular formula is C20H29N5O4. The van der Waals surface area contributed by atoms with E-state index in [4.69, 9.17) is 9.47 Å². The molecule has 2 rings (SSSR count). The van der Waals surface area contributed by atoms with Gasteiger partial charge in [0.25, 0.3) is 0 Å². The Balaban J connectivity index is 2.57. The Morgan fingerprint density at radius 1 is 1.03 bits per heavy atom. The van der Waals surface area contributed by atoms with Gasteiger partial charge in [0.1, 0.15) is 5.82 Å². The molecule has 0 atom stereocenters. The molecule has 0 saturated heterocycles. The maximum Gasteiger partial charge on any atom is 0.353 e. The number of ether oxygens (including phenoxy) is 2. The van der Waals surface area contributed by atoms with Gasteiger partial charge in [0.2, 0.25) is 11.6 Å². The molecule has 2 aromatic rings. The Bertz CT molecular complexity index is 841. The van der Waals surface area contributed by atoms with Gasteiger partial charge >= 0.3 is 5.69 Å². The Morgan fingerprint density at radius 3 is 2.07 bits per heavy atom. The summed E-state index contributed by atoms with van der Waals surface area (Å²) < 4.78 is 10.3. The second kappa shape index (κ2) is 10.1. The minimum Gasteiger partial charge on any atom is -0.383 e. The number of methoxy groups -OCH3 is 2. The third-order valence-electron chi connectivity index (χ3n) is 4.51. The summed E-state index contributed by atoms with van der Waals surface area (Å²) >= 11 is 0. The van der Waals surface area contributed by atoms with E-state index in [9.17, 15) is 10.1 Å². The fraction of sp³-hybridized carbons (Fsp3) is 0.500. The van der Waals surface area contributed by atoms with Crippen molar-refractivity contribution in [2.24, 2.45) is 0 Å². The van der Waals surface area contributed by atoms with Crippen LogP contribution in [0.15, 0.2) is 12.1 Å². The van der Waals surface area contributed by atoms with Crippen molar-refractivity contribution in [3.63, 3.8) is 0 Å². The molecule has 1 N–H and O–H groups in total. The van der Waals surface area contributed by atoms with Gasteiger partial charge in [0.15, 0.2) is 0 Å². The molecule has 0 aliphatic heterocycles. The largest absolute Gasteiger partial charge is 0.383 e. The number of nitrogens with zero attached hydrogens (tertiary/aromatic N) is 4. The van der Waals surface area contributed by atoms with E-state index < -0.39 is 4.92 Å². The van der Waals surface area contributed by atoms with Gasteiger partial charge in [-0.2, -0.15) is 0 Å². The summed E-state index contributed by atoms with van der Waals surface area (Å²) in [6.07, 6.45) is 0. The minimum atomic E-state index is -0.442. The summed E-state index contributed by atoms with van der Waals surface area (Å²) in [4.78, 5) is 22.1. The maximum absolute atomic E-state index is 12.0. The molecule has 1 aromatic heterocycles. The first-order chi connectivity index (χ1) is 13.8. The van der Waals surface area contributed by atoms with E-state index >= 15 is 0 Å². The normalized spacial score (nSPS) is 10.8. The molecule has 0 bridgehead atoms. The van der Waals surface area contributed by atoms with Crippen LogP contribution in [-0.4, -0.2) is 55.4 Å². The van der Waals surface area contributed by atoms with Crippen LogP contribution in [0.4, 0.5) is 23.0 Å². The van der Waals surface area contributed by atoms with Gasteiger partial charge in [0.05, 0.1) is 18.1 Å². The SMILES string of the molecule is COCCN(CCOC)c1nc(C)nc(Nc2c(C)cc(C)cc2C)c1[N+](=O)[O-]. The molecule has 1 heterocycles. The second-order valence-electron chi connectivity index (χ2n) is 6.92. The maximum atomic E-state index is 12.0. The van der Waals surface area contributed by atoms with Crippen molar-refractivity contribution in [3.8, 4) is 0 Å². The average Bonchev–Trinajstić information content (AvgIpc) is 2.64. The van der Waals surface area contributed by atoms with E-state index in [0.717, 1.165) is 22.4 Å². The van der Waals surface area contributed by atoms with Crippen LogP contribution in [-0.2, 0) is 9.47 Å². The summed E-state index contributed by atoms with van der Waals surface area (Å²) in [6, 6.07) is 4.05. The quantitative estimate of drug-likeness (QED) is 0.475. The Hall–Kier alpha value is -2.78. The molecule has 0 amide bonds. The van der Waals surface area contributed by atoms with E-state index in [1.165, 1.54) is 0 Å². The summed E-state index contributed by atoms with van der Waals surface area (Å²) in [5, 5.41) is 15.2. The van der Waals surface area contributed by atoms with Crippen LogP contribution in [0.5, 0.6) is 0 Å². The summed E-state index contributed by atoms with van der Waals surface area (Å²) in [5.74, 6) is 0.865. The predicted octanol–water partition coefficient (Wildman–Crippen LogP) is 3.46. The zero-order valence-corrected chi connectivity index (χ0v) is 17.9. The van der Waals surface area contributed by atoms with Crippen molar-refractivity contribution in [1.29, 1.82) is 0 Å². The molecule has 0 aliphatic rings. The highest BCUT2D eigenvalue weighted by Crippen LogP contribution is 2.36. The predicted molar refractivity (Wildman–Crippen MR) is 113 cm³/mol. The average molecular weight is 403 g/mol. The van der Waals surface area contributed by atoms with Crippen molar-refractivity contribution in [3.05, 3.63) is 44.8 Å². The van der Waals surface area contributed by atoms with Crippen LogP contribution in [0.2, 0.25) is 0 Å². The van der Waals surface area contributed by atoms with Crippen molar-refractivity contribution < 1.29 is 14.4 Å². The molecule has 0 unspecified atom stereocenters. The zero-order chi connectivity index (χ0) is 21.6. The van der Waals surface area contributed by atoms with Crippen molar-refractivity contribution in [2.75, 3.05) is 50.7 Å². The lowest BCUT2D eigenvalue weighted by atomic mass is 10.1. The van der Waals surface area contributed by atoms with Gasteiger partial charge in [-0.3, -0.25) is 10.1 Å². The molecule has 158 valence electrons. The number of nitrogens with one attached hydrogen (secondary N) is 1. The number of aromatic nitrogens is 2. The van der Waals surface area contributed by atoms with E-state index in [0.29, 0.717) is 32.1 Å². The number of anilines is 3. The number of aryl methyl sites for hydroxylation is 4. The number of benzene rings is 1. The first-order valence-corrected chi connectivity index (χ1v) is 9.39. The number of rotatable bonds is 10. The van der Waals surface area contributed by atoms with Gasteiger partial charge in [-0.05, 0) is 38.8 Å². The molecule has 0 aliphatic carbocycles. The van der Waals surface area contributed by atoms with Crippen LogP contribution in [0, 0.1) is 37.8 Å². The molecule has 9 nitrogen and oxygen atoms in total. The molecular weight excluding hydrogens is 374 g/mol. The van der Waals surface area contributed by atoms with Gasteiger partial charge in [-0.15, -0.1) is 0 Å². The molecule has 1 aromatic carbocycles. The van der Waals surface area contributed by atoms with Crippen LogP contribution in [0.3, 0.4) is 0 Å². The van der Waals surface area contributed by atoms with Gasteiger partial charge in [-0.1, -0.05) is 17.7 Å². The third-order valence-corrected chi connectivity index (χ3v) is 4.51. The fourth-order valence-electron chi connectivity index (χ4n) is 3.25. The Morgan fingerprint density at radius 2 is 1.59 bits per heavy atom. The first kappa shape index (κ1) is 22.5. The van der Waals surface area contributed by atoms with Crippen molar-refractivity contribution in [2.45, 2.75) is 27.7 Å². The van der Waals surface area contributed by atoms with Crippen LogP contribution in [0.1, 0.15) is 22.5 Å². The van der Waals surface area contributed by atoms with Crippen molar-refractivity contribution >= 4 is 23.0 Å². The van der Waals surface area contributed by atoms with Gasteiger partial charge in [0, 0.05) is 33.0 Å². The van der Waals surface area contributed by atoms with Crippen LogP contribution < -0.4 is 10.2 Å². The number of hydrogen-bond donors (Lipinski definition) is 1. The highest BCUT2D eigenvalue weighted by Gasteiger charge is 2.28. The topological polar surface area (TPSA) is 103 Å². The zero-order valence-electron chi connectivity index (χ0n) is 17.9. The first-order valence-electron chi connectivity index (χ1n) is 9.39. The molecule has 0 saturated carbocycles. The van der Waals surface area contributed by atoms with Gasteiger partial charge in [-0.25, -0.2) is 9.97 Å². The second-order valence-corrected chi connectivity index (χ2v) is 6.92. The molecule has 0 spiro atoms. The highest BCUT2D eigenvalue weighted by atomic mass is 16.6. The lowest BCUT2D eigenvalue weighted by molar-refractivity contribution is -0.383. The third kappa shape index (κ3) is 5.61. The summed E-state index contributed by atoms with van der Waals surface area (Å²) in [6.45, 7) is 9.37. The Labute approximate surface area is 171 Å². The van der Waals surface area contributed by atoms with E-state index in [-0.39, 0.29) is 17.3 Å². The van der Waals surface area contributed by atoms with Crippen LogP contribution >= 0.6 is 0 Å². The molecule has 0 fully saturated rings. The minimum absolute atomic E-state index is 0.165. The fourth-order valence-corrected chi connectivity index (χ4v) is 3.25. The van der Waals surface area contributed by atoms with E-state index in [1.807, 2.05) is 32.9 Å². The summed E-state index contributed by atoms with van der Waals surface area (Å²) in [7, 11) is 3.17. The van der Waals surface area contributed by atoms with E-state index in [2.05, 4.69) is 15.3 Å². The molecule has 9 heteroatoms. The van der Waals surface area contributed by atoms with Gasteiger partial charge < -0.3 is 19.7 Å². The standard InChI is InChI=1S/C20H29N5O4/c1-13-11-14(2)17(15(3)12-13)23-19-18(25(26)27)20(22-16(4)21-19)24(7-9-28-5)8-10-29-6/h11-12H,7-10H2,1-6H3,(H,21,22,23). The van der Waals surface area contributed by atoms with Crippen molar-refractivity contribution in [1.82, 2.24) is 9.97 Å². The summed E-state index contributed by atoms with van der Waals surface area (Å²) in [5.41, 5.74) is 3.76. The van der Waals surface area contributed by atoms with Crippen LogP contribution in [0.25, 0.3) is 0 Å². The molecule has 0 radical (unpaired) electrons. The highest BCUT2D eigenvalue weighted by molar-refractivity contribution is 5.77. The lowest BCUT2D eigenvalue weighted by Crippen LogP contribution is -2.32. The molecule has 29 heavy (non-hydrogen) atoms. The van der Waals surface area contributed by atoms with E-state index in [1.54, 1.807) is 26.0 Å².